The predicted molar refractivity (Wildman–Crippen MR) is 39.1 cm³/mol. The van der Waals surface area contributed by atoms with E-state index < -0.39 is 0 Å². The zero-order chi connectivity index (χ0) is 7.40. The second-order valence-electron chi connectivity index (χ2n) is 1.98. The monoisotopic (exact) mass is 143 g/mol. The summed E-state index contributed by atoms with van der Waals surface area (Å²) in [7, 11) is 3.69. The molecule has 1 aliphatic rings. The van der Waals surface area contributed by atoms with Gasteiger partial charge in [0.05, 0.1) is 6.54 Å². The van der Waals surface area contributed by atoms with E-state index >= 15 is 0 Å². The lowest BCUT2D eigenvalue weighted by Gasteiger charge is -2.21. The Hall–Kier alpha value is -1.06. The number of ether oxygens (including phenoxy) is 1. The first-order chi connectivity index (χ1) is 4.88. The molecule has 4 nitrogen and oxygen atoms in total. The van der Waals surface area contributed by atoms with Crippen LogP contribution in [0.1, 0.15) is 0 Å². The summed E-state index contributed by atoms with van der Waals surface area (Å²) in [6.07, 6.45) is 0. The van der Waals surface area contributed by atoms with E-state index in [0.29, 0.717) is 0 Å². The van der Waals surface area contributed by atoms with Crippen molar-refractivity contribution in [3.8, 4) is 0 Å². The first kappa shape index (κ1) is 7.05. The molecule has 0 aromatic heterocycles. The number of rotatable bonds is 2. The lowest BCUT2D eigenvalue weighted by atomic mass is 10.5. The minimum Gasteiger partial charge on any atom is -0.475 e. The molecular formula is C6H13N3O. The molecule has 0 amide bonds. The van der Waals surface area contributed by atoms with Crippen LogP contribution in [0.2, 0.25) is 0 Å². The summed E-state index contributed by atoms with van der Waals surface area (Å²) >= 11 is 0. The van der Waals surface area contributed by atoms with Crippen LogP contribution in [0, 0.1) is 0 Å². The molecule has 0 atom stereocenters. The molecule has 0 unspecified atom stereocenters. The maximum absolute atomic E-state index is 5.27. The molecule has 0 aromatic carbocycles. The molecular weight excluding hydrogens is 130 g/mol. The molecule has 0 saturated heterocycles. The number of nitrogens with one attached hydrogen (secondary N) is 3. The van der Waals surface area contributed by atoms with Crippen LogP contribution in [0.15, 0.2) is 11.7 Å². The molecule has 1 rings (SSSR count). The van der Waals surface area contributed by atoms with Crippen LogP contribution in [0.3, 0.4) is 0 Å². The Balaban J connectivity index is 2.63. The van der Waals surface area contributed by atoms with Crippen LogP contribution < -0.4 is 16.0 Å². The molecule has 1 aliphatic heterocycles. The highest BCUT2D eigenvalue weighted by Crippen LogP contribution is 1.99. The Morgan fingerprint density at radius 2 is 2.20 bits per heavy atom. The van der Waals surface area contributed by atoms with Gasteiger partial charge in [-0.25, -0.2) is 0 Å². The van der Waals surface area contributed by atoms with E-state index in [0.717, 1.165) is 24.9 Å². The largest absolute Gasteiger partial charge is 0.475 e. The van der Waals surface area contributed by atoms with E-state index in [-0.39, 0.29) is 0 Å². The SMILES string of the molecule is CNC1=C(NC)OCCN1. The average molecular weight is 143 g/mol. The standard InChI is InChI=1S/C6H13N3O/c1-7-5-6(8-2)10-4-3-9-5/h7-9H,3-4H2,1-2H3. The van der Waals surface area contributed by atoms with Gasteiger partial charge in [-0.1, -0.05) is 0 Å². The summed E-state index contributed by atoms with van der Waals surface area (Å²) in [6, 6.07) is 0. The molecule has 0 fully saturated rings. The van der Waals surface area contributed by atoms with Gasteiger partial charge in [0.2, 0.25) is 5.88 Å². The number of hydrogen-bond acceptors (Lipinski definition) is 4. The van der Waals surface area contributed by atoms with Crippen molar-refractivity contribution in [1.82, 2.24) is 16.0 Å². The Morgan fingerprint density at radius 1 is 1.40 bits per heavy atom. The zero-order valence-electron chi connectivity index (χ0n) is 6.32. The Bertz CT molecular complexity index is 128. The summed E-state index contributed by atoms with van der Waals surface area (Å²) in [5.74, 6) is 1.71. The third-order valence-electron chi connectivity index (χ3n) is 1.35. The topological polar surface area (TPSA) is 45.3 Å². The van der Waals surface area contributed by atoms with E-state index in [1.807, 2.05) is 14.1 Å². The normalized spacial score (nSPS) is 17.4. The van der Waals surface area contributed by atoms with Crippen molar-refractivity contribution in [1.29, 1.82) is 0 Å². The van der Waals surface area contributed by atoms with E-state index in [1.54, 1.807) is 0 Å². The van der Waals surface area contributed by atoms with E-state index in [1.165, 1.54) is 0 Å². The molecule has 1 heterocycles. The van der Waals surface area contributed by atoms with Crippen LogP contribution in [0.5, 0.6) is 0 Å². The van der Waals surface area contributed by atoms with Crippen molar-refractivity contribution in [2.24, 2.45) is 0 Å². The quantitative estimate of drug-likeness (QED) is 0.472. The molecule has 0 aromatic rings. The second-order valence-corrected chi connectivity index (χ2v) is 1.98. The minimum absolute atomic E-state index is 0.724. The summed E-state index contributed by atoms with van der Waals surface area (Å²) < 4.78 is 5.27. The molecule has 0 aliphatic carbocycles. The van der Waals surface area contributed by atoms with Crippen LogP contribution in [0.4, 0.5) is 0 Å². The second kappa shape index (κ2) is 3.20. The van der Waals surface area contributed by atoms with Crippen LogP contribution in [0.25, 0.3) is 0 Å². The molecule has 58 valence electrons. The fourth-order valence-corrected chi connectivity index (χ4v) is 0.881. The van der Waals surface area contributed by atoms with Crippen molar-refractivity contribution >= 4 is 0 Å². The first-order valence-corrected chi connectivity index (χ1v) is 3.35. The van der Waals surface area contributed by atoms with Gasteiger partial charge < -0.3 is 20.7 Å². The van der Waals surface area contributed by atoms with E-state index in [9.17, 15) is 0 Å². The highest BCUT2D eigenvalue weighted by Gasteiger charge is 2.08. The maximum atomic E-state index is 5.27. The van der Waals surface area contributed by atoms with Crippen molar-refractivity contribution < 1.29 is 4.74 Å². The molecule has 0 radical (unpaired) electrons. The third kappa shape index (κ3) is 1.26. The molecule has 0 bridgehead atoms. The third-order valence-corrected chi connectivity index (χ3v) is 1.35. The Labute approximate surface area is 60.6 Å². The summed E-state index contributed by atoms with van der Waals surface area (Å²) in [5, 5.41) is 9.07. The van der Waals surface area contributed by atoms with Gasteiger partial charge in [0.25, 0.3) is 0 Å². The van der Waals surface area contributed by atoms with Gasteiger partial charge in [-0.2, -0.15) is 0 Å². The van der Waals surface area contributed by atoms with Crippen LogP contribution in [-0.4, -0.2) is 27.2 Å². The molecule has 10 heavy (non-hydrogen) atoms. The maximum Gasteiger partial charge on any atom is 0.228 e. The minimum atomic E-state index is 0.724. The van der Waals surface area contributed by atoms with E-state index in [4.69, 9.17) is 4.74 Å². The Kier molecular flexibility index (Phi) is 2.25. The average Bonchev–Trinajstić information content (AvgIpc) is 2.04. The summed E-state index contributed by atoms with van der Waals surface area (Å²) in [5.41, 5.74) is 0. The van der Waals surface area contributed by atoms with Gasteiger partial charge in [0.15, 0.2) is 5.82 Å². The van der Waals surface area contributed by atoms with Crippen LogP contribution in [-0.2, 0) is 4.74 Å². The fourth-order valence-electron chi connectivity index (χ4n) is 0.881. The Morgan fingerprint density at radius 3 is 2.70 bits per heavy atom. The van der Waals surface area contributed by atoms with Crippen molar-refractivity contribution in [2.45, 2.75) is 0 Å². The lowest BCUT2D eigenvalue weighted by Crippen LogP contribution is -2.36. The smallest absolute Gasteiger partial charge is 0.228 e. The van der Waals surface area contributed by atoms with Crippen molar-refractivity contribution in [3.05, 3.63) is 11.7 Å². The fraction of sp³-hybridized carbons (Fsp3) is 0.667. The first-order valence-electron chi connectivity index (χ1n) is 3.35. The van der Waals surface area contributed by atoms with Crippen molar-refractivity contribution in [3.63, 3.8) is 0 Å². The highest BCUT2D eigenvalue weighted by molar-refractivity contribution is 5.04. The molecule has 0 spiro atoms. The highest BCUT2D eigenvalue weighted by atomic mass is 16.5. The zero-order valence-corrected chi connectivity index (χ0v) is 6.32. The predicted octanol–water partition coefficient (Wildman–Crippen LogP) is -0.828. The lowest BCUT2D eigenvalue weighted by molar-refractivity contribution is 0.170. The van der Waals surface area contributed by atoms with Gasteiger partial charge in [0.1, 0.15) is 6.61 Å². The molecule has 3 N–H and O–H groups in total. The van der Waals surface area contributed by atoms with Gasteiger partial charge in [-0.05, 0) is 0 Å². The van der Waals surface area contributed by atoms with Gasteiger partial charge in [-0.3, -0.25) is 0 Å². The molecule has 4 heteroatoms. The van der Waals surface area contributed by atoms with Crippen LogP contribution >= 0.6 is 0 Å². The summed E-state index contributed by atoms with van der Waals surface area (Å²) in [6.45, 7) is 1.59. The van der Waals surface area contributed by atoms with Gasteiger partial charge in [0, 0.05) is 14.1 Å². The van der Waals surface area contributed by atoms with Crippen molar-refractivity contribution in [2.75, 3.05) is 27.2 Å². The van der Waals surface area contributed by atoms with E-state index in [2.05, 4.69) is 16.0 Å². The molecule has 0 saturated carbocycles. The number of hydrogen-bond donors (Lipinski definition) is 3. The van der Waals surface area contributed by atoms with Gasteiger partial charge in [-0.15, -0.1) is 0 Å². The summed E-state index contributed by atoms with van der Waals surface area (Å²) in [4.78, 5) is 0. The van der Waals surface area contributed by atoms with Gasteiger partial charge >= 0.3 is 0 Å².